The van der Waals surface area contributed by atoms with E-state index in [1.165, 1.54) is 18.2 Å². The standard InChI is InChI=1S/C24H22F3N5O3/c25-24(26,27)15-5-9-18(10-6-15)35-17-7-3-14(4-8-17)23-30-16(12-19(31-23)21(28)33)13-32-11-1-2-20(32)22(29)34/h3-10,12,20H,1-2,11,13H2,(H2,28,33)(H2,29,34)/t20-/m0/s1. The Hall–Kier alpha value is -3.99. The number of hydrogen-bond acceptors (Lipinski definition) is 6. The molecule has 0 radical (unpaired) electrons. The molecule has 2 amide bonds. The number of benzene rings is 2. The van der Waals surface area contributed by atoms with E-state index < -0.39 is 29.6 Å². The molecule has 4 N–H and O–H groups in total. The third-order valence-electron chi connectivity index (χ3n) is 5.62. The van der Waals surface area contributed by atoms with Gasteiger partial charge in [-0.2, -0.15) is 13.2 Å². The van der Waals surface area contributed by atoms with Gasteiger partial charge >= 0.3 is 6.18 Å². The minimum Gasteiger partial charge on any atom is -0.457 e. The molecule has 0 bridgehead atoms. The highest BCUT2D eigenvalue weighted by molar-refractivity contribution is 5.91. The fourth-order valence-electron chi connectivity index (χ4n) is 3.90. The molecule has 2 aromatic carbocycles. The van der Waals surface area contributed by atoms with E-state index in [4.69, 9.17) is 16.2 Å². The average Bonchev–Trinajstić information content (AvgIpc) is 3.27. The first-order valence-electron chi connectivity index (χ1n) is 10.8. The molecule has 1 aliphatic rings. The molecular formula is C24H22F3N5O3. The van der Waals surface area contributed by atoms with Crippen LogP contribution in [0.25, 0.3) is 11.4 Å². The fourth-order valence-corrected chi connectivity index (χ4v) is 3.90. The van der Waals surface area contributed by atoms with Crippen molar-refractivity contribution in [1.29, 1.82) is 0 Å². The Bertz CT molecular complexity index is 1230. The predicted octanol–water partition coefficient (Wildman–Crippen LogP) is 3.50. The summed E-state index contributed by atoms with van der Waals surface area (Å²) in [5.41, 5.74) is 11.3. The number of aromatic nitrogens is 2. The molecule has 8 nitrogen and oxygen atoms in total. The van der Waals surface area contributed by atoms with Crippen LogP contribution in [-0.4, -0.2) is 39.3 Å². The van der Waals surface area contributed by atoms with Crippen molar-refractivity contribution in [1.82, 2.24) is 14.9 Å². The highest BCUT2D eigenvalue weighted by atomic mass is 19.4. The number of alkyl halides is 3. The van der Waals surface area contributed by atoms with Crippen molar-refractivity contribution in [3.05, 3.63) is 71.5 Å². The molecule has 0 aliphatic carbocycles. The van der Waals surface area contributed by atoms with Gasteiger partial charge in [-0.15, -0.1) is 0 Å². The second-order valence-electron chi connectivity index (χ2n) is 8.11. The van der Waals surface area contributed by atoms with Gasteiger partial charge < -0.3 is 16.2 Å². The maximum absolute atomic E-state index is 12.7. The lowest BCUT2D eigenvalue weighted by atomic mass is 10.1. The van der Waals surface area contributed by atoms with Gasteiger partial charge in [-0.3, -0.25) is 14.5 Å². The minimum absolute atomic E-state index is 0.0323. The van der Waals surface area contributed by atoms with E-state index >= 15 is 0 Å². The SMILES string of the molecule is NC(=O)c1cc(CN2CCC[C@H]2C(N)=O)nc(-c2ccc(Oc3ccc(C(F)(F)F)cc3)cc2)n1. The second-order valence-corrected chi connectivity index (χ2v) is 8.11. The van der Waals surface area contributed by atoms with Crippen LogP contribution in [0, 0.1) is 0 Å². The number of amides is 2. The molecule has 0 spiro atoms. The van der Waals surface area contributed by atoms with E-state index in [2.05, 4.69) is 9.97 Å². The first kappa shape index (κ1) is 24.1. The minimum atomic E-state index is -4.42. The fraction of sp³-hybridized carbons (Fsp3) is 0.250. The van der Waals surface area contributed by atoms with E-state index in [0.717, 1.165) is 18.6 Å². The average molecular weight is 485 g/mol. The zero-order valence-corrected chi connectivity index (χ0v) is 18.5. The summed E-state index contributed by atoms with van der Waals surface area (Å²) < 4.78 is 43.8. The number of ether oxygens (including phenoxy) is 1. The molecule has 1 saturated heterocycles. The van der Waals surface area contributed by atoms with Crippen molar-refractivity contribution < 1.29 is 27.5 Å². The summed E-state index contributed by atoms with van der Waals surface area (Å²) in [5, 5.41) is 0. The highest BCUT2D eigenvalue weighted by Gasteiger charge is 2.30. The van der Waals surface area contributed by atoms with Gasteiger partial charge in [-0.1, -0.05) is 0 Å². The molecule has 11 heteroatoms. The van der Waals surface area contributed by atoms with E-state index in [1.54, 1.807) is 24.3 Å². The number of hydrogen-bond donors (Lipinski definition) is 2. The normalized spacial score (nSPS) is 16.3. The predicted molar refractivity (Wildman–Crippen MR) is 120 cm³/mol. The lowest BCUT2D eigenvalue weighted by molar-refractivity contribution is -0.137. The van der Waals surface area contributed by atoms with Crippen LogP contribution in [0.3, 0.4) is 0 Å². The Morgan fingerprint density at radius 3 is 2.20 bits per heavy atom. The van der Waals surface area contributed by atoms with Crippen molar-refractivity contribution in [2.45, 2.75) is 31.6 Å². The molecule has 3 aromatic rings. The summed E-state index contributed by atoms with van der Waals surface area (Å²) in [5.74, 6) is -0.233. The molecule has 4 rings (SSSR count). The number of nitrogens with two attached hydrogens (primary N) is 2. The first-order chi connectivity index (χ1) is 16.6. The van der Waals surface area contributed by atoms with Gasteiger partial charge in [-0.25, -0.2) is 9.97 Å². The molecule has 1 aliphatic heterocycles. The number of carbonyl (C=O) groups excluding carboxylic acids is 2. The van der Waals surface area contributed by atoms with Crippen molar-refractivity contribution in [2.24, 2.45) is 11.5 Å². The first-order valence-corrected chi connectivity index (χ1v) is 10.8. The van der Waals surface area contributed by atoms with Gasteiger partial charge in [-0.05, 0) is 74.0 Å². The molecule has 1 fully saturated rings. The number of primary amides is 2. The molecule has 35 heavy (non-hydrogen) atoms. The maximum Gasteiger partial charge on any atom is 0.416 e. The molecule has 182 valence electrons. The Kier molecular flexibility index (Phi) is 6.70. The van der Waals surface area contributed by atoms with E-state index in [9.17, 15) is 22.8 Å². The smallest absolute Gasteiger partial charge is 0.416 e. The Morgan fingerprint density at radius 2 is 1.63 bits per heavy atom. The summed E-state index contributed by atoms with van der Waals surface area (Å²) in [7, 11) is 0. The Morgan fingerprint density at radius 1 is 1.00 bits per heavy atom. The van der Waals surface area contributed by atoms with Crippen LogP contribution >= 0.6 is 0 Å². The van der Waals surface area contributed by atoms with Crippen LogP contribution in [0.15, 0.2) is 54.6 Å². The van der Waals surface area contributed by atoms with Crippen LogP contribution < -0.4 is 16.2 Å². The van der Waals surface area contributed by atoms with Gasteiger partial charge in [0.15, 0.2) is 5.82 Å². The van der Waals surface area contributed by atoms with Crippen LogP contribution in [0.1, 0.15) is 34.6 Å². The van der Waals surface area contributed by atoms with Crippen LogP contribution in [0.2, 0.25) is 0 Å². The summed E-state index contributed by atoms with van der Waals surface area (Å²) in [6.07, 6.45) is -2.93. The van der Waals surface area contributed by atoms with Crippen molar-refractivity contribution >= 4 is 11.8 Å². The van der Waals surface area contributed by atoms with E-state index in [-0.39, 0.29) is 17.3 Å². The van der Waals surface area contributed by atoms with Crippen molar-refractivity contribution in [3.8, 4) is 22.9 Å². The lowest BCUT2D eigenvalue weighted by Crippen LogP contribution is -2.40. The summed E-state index contributed by atoms with van der Waals surface area (Å²) in [6, 6.07) is 12.0. The third-order valence-corrected chi connectivity index (χ3v) is 5.62. The van der Waals surface area contributed by atoms with Crippen LogP contribution in [-0.2, 0) is 17.5 Å². The summed E-state index contributed by atoms with van der Waals surface area (Å²) in [6.45, 7) is 0.980. The number of rotatable bonds is 7. The van der Waals surface area contributed by atoms with Crippen molar-refractivity contribution in [2.75, 3.05) is 6.54 Å². The van der Waals surface area contributed by atoms with Crippen LogP contribution in [0.5, 0.6) is 11.5 Å². The molecule has 0 saturated carbocycles. The Balaban J connectivity index is 1.54. The van der Waals surface area contributed by atoms with Crippen molar-refractivity contribution in [3.63, 3.8) is 0 Å². The molecule has 1 atom stereocenters. The maximum atomic E-state index is 12.7. The Labute approximate surface area is 198 Å². The molecule has 2 heterocycles. The highest BCUT2D eigenvalue weighted by Crippen LogP contribution is 2.32. The van der Waals surface area contributed by atoms with Gasteiger partial charge in [0.05, 0.1) is 17.3 Å². The van der Waals surface area contributed by atoms with Gasteiger partial charge in [0.1, 0.15) is 17.2 Å². The molecular weight excluding hydrogens is 463 g/mol. The van der Waals surface area contributed by atoms with Gasteiger partial charge in [0, 0.05) is 12.1 Å². The van der Waals surface area contributed by atoms with E-state index in [1.807, 2.05) is 4.90 Å². The monoisotopic (exact) mass is 485 g/mol. The zero-order valence-electron chi connectivity index (χ0n) is 18.5. The van der Waals surface area contributed by atoms with Gasteiger partial charge in [0.2, 0.25) is 5.91 Å². The van der Waals surface area contributed by atoms with E-state index in [0.29, 0.717) is 36.5 Å². The third kappa shape index (κ3) is 5.75. The summed E-state index contributed by atoms with van der Waals surface area (Å²) in [4.78, 5) is 34.2. The second kappa shape index (κ2) is 9.71. The van der Waals surface area contributed by atoms with Gasteiger partial charge in [0.25, 0.3) is 5.91 Å². The summed E-state index contributed by atoms with van der Waals surface area (Å²) >= 11 is 0. The number of halogens is 3. The number of likely N-dealkylation sites (tertiary alicyclic amines) is 1. The lowest BCUT2D eigenvalue weighted by Gasteiger charge is -2.21. The molecule has 0 unspecified atom stereocenters. The number of nitrogens with zero attached hydrogens (tertiary/aromatic N) is 3. The van der Waals surface area contributed by atoms with Crippen LogP contribution in [0.4, 0.5) is 13.2 Å². The zero-order chi connectivity index (χ0) is 25.2. The molecule has 1 aromatic heterocycles. The topological polar surface area (TPSA) is 124 Å². The number of carbonyl (C=O) groups is 2. The largest absolute Gasteiger partial charge is 0.457 e. The quantitative estimate of drug-likeness (QED) is 0.528.